The van der Waals surface area contributed by atoms with E-state index in [9.17, 15) is 15.0 Å². The molecule has 0 unspecified atom stereocenters. The highest BCUT2D eigenvalue weighted by Crippen LogP contribution is 2.30. The van der Waals surface area contributed by atoms with Gasteiger partial charge in [0.1, 0.15) is 11.4 Å². The molecule has 0 aliphatic heterocycles. The number of carbonyl (C=O) groups excluding carboxylic acids is 1. The number of carbonyl (C=O) groups is 1. The maximum Gasteiger partial charge on any atom is 0.256 e. The number of benzene rings is 1. The summed E-state index contributed by atoms with van der Waals surface area (Å²) in [5.74, 6) is -0.931. The average Bonchev–Trinajstić information content (AvgIpc) is 2.83. The molecular weight excluding hydrogens is 329 g/mol. The molecule has 8 heteroatoms. The molecule has 0 fully saturated rings. The minimum Gasteiger partial charge on any atom is -0.507 e. The molecule has 2 rings (SSSR count). The fraction of sp³-hybridized carbons (Fsp3) is 0.286. The highest BCUT2D eigenvalue weighted by atomic mass is 35.5. The SMILES string of the molecule is Cn1cc([C@](C)(O)CNC(=O)c2c(O)cc(Cl)cc2Cl)cn1. The van der Waals surface area contributed by atoms with Crippen molar-refractivity contribution in [1.29, 1.82) is 0 Å². The number of hydrogen-bond donors (Lipinski definition) is 3. The maximum atomic E-state index is 12.2. The zero-order valence-corrected chi connectivity index (χ0v) is 13.5. The van der Waals surface area contributed by atoms with E-state index in [4.69, 9.17) is 23.2 Å². The second-order valence-electron chi connectivity index (χ2n) is 5.14. The monoisotopic (exact) mass is 343 g/mol. The first-order chi connectivity index (χ1) is 10.2. The largest absolute Gasteiger partial charge is 0.507 e. The van der Waals surface area contributed by atoms with Crippen LogP contribution in [0.3, 0.4) is 0 Å². The number of aliphatic hydroxyl groups is 1. The van der Waals surface area contributed by atoms with Crippen LogP contribution in [0.15, 0.2) is 24.5 Å². The van der Waals surface area contributed by atoms with Crippen molar-refractivity contribution in [3.63, 3.8) is 0 Å². The number of phenolic OH excluding ortho intramolecular Hbond substituents is 1. The van der Waals surface area contributed by atoms with Gasteiger partial charge in [-0.2, -0.15) is 5.10 Å². The van der Waals surface area contributed by atoms with E-state index in [1.807, 2.05) is 0 Å². The Hall–Kier alpha value is -1.76. The van der Waals surface area contributed by atoms with Crippen LogP contribution >= 0.6 is 23.2 Å². The number of rotatable bonds is 4. The molecule has 0 radical (unpaired) electrons. The minimum atomic E-state index is -1.31. The second-order valence-corrected chi connectivity index (χ2v) is 5.98. The predicted octanol–water partition coefficient (Wildman–Crippen LogP) is 2.07. The van der Waals surface area contributed by atoms with Crippen molar-refractivity contribution in [1.82, 2.24) is 15.1 Å². The predicted molar refractivity (Wildman–Crippen MR) is 83.2 cm³/mol. The standard InChI is InChI=1S/C14H15Cl2N3O3/c1-14(22,8-5-18-19(2)6-8)7-17-13(21)12-10(16)3-9(15)4-11(12)20/h3-6,20,22H,7H2,1-2H3,(H,17,21)/t14-/m1/s1. The van der Waals surface area contributed by atoms with Crippen LogP contribution < -0.4 is 5.32 Å². The van der Waals surface area contributed by atoms with Crippen molar-refractivity contribution in [3.8, 4) is 5.75 Å². The quantitative estimate of drug-likeness (QED) is 0.792. The highest BCUT2D eigenvalue weighted by molar-refractivity contribution is 6.37. The molecule has 1 aromatic carbocycles. The maximum absolute atomic E-state index is 12.2. The third-order valence-electron chi connectivity index (χ3n) is 3.18. The number of phenols is 1. The molecule has 22 heavy (non-hydrogen) atoms. The first kappa shape index (κ1) is 16.6. The lowest BCUT2D eigenvalue weighted by molar-refractivity contribution is 0.0525. The summed E-state index contributed by atoms with van der Waals surface area (Å²) in [7, 11) is 1.73. The van der Waals surface area contributed by atoms with E-state index in [0.717, 1.165) is 0 Å². The summed E-state index contributed by atoms with van der Waals surface area (Å²) in [5.41, 5.74) is -0.840. The molecule has 2 aromatic rings. The molecule has 1 heterocycles. The smallest absolute Gasteiger partial charge is 0.256 e. The van der Waals surface area contributed by atoms with Crippen molar-refractivity contribution in [2.75, 3.05) is 6.54 Å². The lowest BCUT2D eigenvalue weighted by Gasteiger charge is -2.22. The van der Waals surface area contributed by atoms with Crippen molar-refractivity contribution < 1.29 is 15.0 Å². The molecule has 0 aliphatic rings. The molecule has 3 N–H and O–H groups in total. The second kappa shape index (κ2) is 6.16. The molecular formula is C14H15Cl2N3O3. The van der Waals surface area contributed by atoms with Gasteiger partial charge in [0.2, 0.25) is 0 Å². The summed E-state index contributed by atoms with van der Waals surface area (Å²) in [6.07, 6.45) is 3.16. The van der Waals surface area contributed by atoms with Gasteiger partial charge in [0.25, 0.3) is 5.91 Å². The van der Waals surface area contributed by atoms with Gasteiger partial charge in [0.15, 0.2) is 0 Å². The Morgan fingerprint density at radius 2 is 2.14 bits per heavy atom. The van der Waals surface area contributed by atoms with E-state index >= 15 is 0 Å². The number of aromatic hydroxyl groups is 1. The summed E-state index contributed by atoms with van der Waals surface area (Å²) >= 11 is 11.7. The minimum absolute atomic E-state index is 0.0310. The summed E-state index contributed by atoms with van der Waals surface area (Å²) in [6.45, 7) is 1.48. The normalized spacial score (nSPS) is 13.7. The first-order valence-corrected chi connectivity index (χ1v) is 7.14. The van der Waals surface area contributed by atoms with Crippen molar-refractivity contribution in [2.45, 2.75) is 12.5 Å². The van der Waals surface area contributed by atoms with Crippen molar-refractivity contribution in [3.05, 3.63) is 45.7 Å². The Balaban J connectivity index is 2.13. The summed E-state index contributed by atoms with van der Waals surface area (Å²) in [6, 6.07) is 2.58. The van der Waals surface area contributed by atoms with Gasteiger partial charge < -0.3 is 15.5 Å². The lowest BCUT2D eigenvalue weighted by Crippen LogP contribution is -2.38. The zero-order chi connectivity index (χ0) is 16.5. The fourth-order valence-corrected chi connectivity index (χ4v) is 2.50. The Labute approximate surface area is 137 Å². The number of amides is 1. The van der Waals surface area contributed by atoms with Crippen LogP contribution in [0.2, 0.25) is 10.0 Å². The Kier molecular flexibility index (Phi) is 4.65. The number of aryl methyl sites for hydroxylation is 1. The lowest BCUT2D eigenvalue weighted by atomic mass is 9.99. The molecule has 0 saturated heterocycles. The average molecular weight is 344 g/mol. The van der Waals surface area contributed by atoms with Crippen LogP contribution in [0.25, 0.3) is 0 Å². The Bertz CT molecular complexity index is 690. The molecule has 6 nitrogen and oxygen atoms in total. The van der Waals surface area contributed by atoms with Crippen LogP contribution in [0, 0.1) is 0 Å². The van der Waals surface area contributed by atoms with Gasteiger partial charge in [-0.1, -0.05) is 23.2 Å². The molecule has 1 atom stereocenters. The van der Waals surface area contributed by atoms with Gasteiger partial charge in [-0.15, -0.1) is 0 Å². The van der Waals surface area contributed by atoms with E-state index in [2.05, 4.69) is 10.4 Å². The molecule has 0 spiro atoms. The van der Waals surface area contributed by atoms with Crippen LogP contribution in [0.5, 0.6) is 5.75 Å². The van der Waals surface area contributed by atoms with E-state index in [1.54, 1.807) is 24.9 Å². The van der Waals surface area contributed by atoms with E-state index in [0.29, 0.717) is 5.56 Å². The fourth-order valence-electron chi connectivity index (χ4n) is 1.93. The third kappa shape index (κ3) is 3.52. The van der Waals surface area contributed by atoms with Gasteiger partial charge >= 0.3 is 0 Å². The van der Waals surface area contributed by atoms with Crippen LogP contribution in [0.1, 0.15) is 22.8 Å². The molecule has 1 aromatic heterocycles. The molecule has 118 valence electrons. The number of nitrogens with zero attached hydrogens (tertiary/aromatic N) is 2. The summed E-state index contributed by atoms with van der Waals surface area (Å²) in [4.78, 5) is 12.2. The van der Waals surface area contributed by atoms with Gasteiger partial charge in [0.05, 0.1) is 23.3 Å². The highest BCUT2D eigenvalue weighted by Gasteiger charge is 2.26. The van der Waals surface area contributed by atoms with Crippen LogP contribution in [-0.4, -0.2) is 32.4 Å². The Morgan fingerprint density at radius 1 is 1.45 bits per heavy atom. The van der Waals surface area contributed by atoms with Crippen molar-refractivity contribution >= 4 is 29.1 Å². The summed E-state index contributed by atoms with van der Waals surface area (Å²) < 4.78 is 1.55. The summed E-state index contributed by atoms with van der Waals surface area (Å²) in [5, 5.41) is 26.9. The molecule has 0 saturated carbocycles. The van der Waals surface area contributed by atoms with E-state index < -0.39 is 11.5 Å². The number of hydrogen-bond acceptors (Lipinski definition) is 4. The first-order valence-electron chi connectivity index (χ1n) is 6.38. The third-order valence-corrected chi connectivity index (χ3v) is 3.70. The number of nitrogens with one attached hydrogen (secondary N) is 1. The van der Waals surface area contributed by atoms with Crippen LogP contribution in [0.4, 0.5) is 0 Å². The van der Waals surface area contributed by atoms with E-state index in [1.165, 1.54) is 18.3 Å². The van der Waals surface area contributed by atoms with Gasteiger partial charge in [-0.05, 0) is 19.1 Å². The zero-order valence-electron chi connectivity index (χ0n) is 12.0. The van der Waals surface area contributed by atoms with Crippen LogP contribution in [-0.2, 0) is 12.6 Å². The Morgan fingerprint density at radius 3 is 2.68 bits per heavy atom. The number of aromatic nitrogens is 2. The topological polar surface area (TPSA) is 87.4 Å². The molecule has 1 amide bonds. The van der Waals surface area contributed by atoms with E-state index in [-0.39, 0.29) is 27.9 Å². The van der Waals surface area contributed by atoms with Gasteiger partial charge in [-0.3, -0.25) is 9.48 Å². The van der Waals surface area contributed by atoms with Gasteiger partial charge in [0, 0.05) is 23.8 Å². The molecule has 0 bridgehead atoms. The van der Waals surface area contributed by atoms with Gasteiger partial charge in [-0.25, -0.2) is 0 Å². The molecule has 0 aliphatic carbocycles. The van der Waals surface area contributed by atoms with Crippen molar-refractivity contribution in [2.24, 2.45) is 7.05 Å². The number of halogens is 2.